The van der Waals surface area contributed by atoms with E-state index in [0.29, 0.717) is 5.71 Å². The highest BCUT2D eigenvalue weighted by molar-refractivity contribution is 6.10. The molecule has 0 unspecified atom stereocenters. The van der Waals surface area contributed by atoms with Gasteiger partial charge in [0.25, 0.3) is 0 Å². The van der Waals surface area contributed by atoms with Crippen molar-refractivity contribution in [2.75, 3.05) is 9.80 Å². The van der Waals surface area contributed by atoms with Gasteiger partial charge in [0.05, 0.1) is 11.4 Å². The number of anilines is 3. The van der Waals surface area contributed by atoms with Gasteiger partial charge in [-0.15, -0.1) is 0 Å². The summed E-state index contributed by atoms with van der Waals surface area (Å²) in [6.07, 6.45) is 4.45. The van der Waals surface area contributed by atoms with Crippen molar-refractivity contribution in [1.29, 1.82) is 0 Å². The quantitative estimate of drug-likeness (QED) is 0.483. The highest BCUT2D eigenvalue weighted by Crippen LogP contribution is 2.50. The van der Waals surface area contributed by atoms with E-state index in [-0.39, 0.29) is 6.04 Å². The molecule has 1 aliphatic heterocycles. The molecular formula is C22H20N4O. The molecule has 5 heteroatoms. The number of fused-ring (bicyclic) bond motifs is 4. The average Bonchev–Trinajstić information content (AvgIpc) is 3.17. The van der Waals surface area contributed by atoms with E-state index in [1.165, 1.54) is 0 Å². The Balaban J connectivity index is 1.82. The Bertz CT molecular complexity index is 1160. The van der Waals surface area contributed by atoms with E-state index in [2.05, 4.69) is 65.7 Å². The van der Waals surface area contributed by atoms with Crippen molar-refractivity contribution in [2.45, 2.75) is 26.8 Å². The predicted molar refractivity (Wildman–Crippen MR) is 109 cm³/mol. The molecule has 0 N–H and O–H groups in total. The van der Waals surface area contributed by atoms with Crippen LogP contribution in [0.5, 0.6) is 0 Å². The maximum Gasteiger partial charge on any atom is 0.227 e. The molecule has 27 heavy (non-hydrogen) atoms. The van der Waals surface area contributed by atoms with Gasteiger partial charge in [-0.2, -0.15) is 0 Å². The number of hydrogen-bond acceptors (Lipinski definition) is 5. The molecule has 0 spiro atoms. The first-order valence-corrected chi connectivity index (χ1v) is 9.08. The fourth-order valence-electron chi connectivity index (χ4n) is 3.97. The van der Waals surface area contributed by atoms with E-state index in [1.807, 2.05) is 24.4 Å². The molecule has 5 nitrogen and oxygen atoms in total. The lowest BCUT2D eigenvalue weighted by molar-refractivity contribution is 0.651. The maximum absolute atomic E-state index is 6.20. The normalized spacial score (nSPS) is 14.7. The van der Waals surface area contributed by atoms with Gasteiger partial charge in [0.15, 0.2) is 17.6 Å². The van der Waals surface area contributed by atoms with Crippen LogP contribution in [0.2, 0.25) is 0 Å². The van der Waals surface area contributed by atoms with E-state index >= 15 is 0 Å². The second kappa shape index (κ2) is 5.71. The van der Waals surface area contributed by atoms with Crippen LogP contribution in [0, 0.1) is 20.0 Å². The predicted octanol–water partition coefficient (Wildman–Crippen LogP) is 5.37. The molecule has 0 saturated heterocycles. The minimum Gasteiger partial charge on any atom is -0.435 e. The minimum atomic E-state index is 0.266. The van der Waals surface area contributed by atoms with Gasteiger partial charge in [-0.05, 0) is 57.5 Å². The molecule has 4 aromatic rings. The SMILES string of the molecule is [CH2][C]1N(c2c(C)ccc3c2oc2ncccc23)c2ncccc2N1C(C)C. The first-order valence-electron chi connectivity index (χ1n) is 9.08. The Labute approximate surface area is 158 Å². The highest BCUT2D eigenvalue weighted by atomic mass is 16.3. The Morgan fingerprint density at radius 3 is 2.59 bits per heavy atom. The molecule has 0 saturated carbocycles. The van der Waals surface area contributed by atoms with E-state index in [1.54, 1.807) is 6.20 Å². The summed E-state index contributed by atoms with van der Waals surface area (Å²) in [5.74, 6) is 0.875. The van der Waals surface area contributed by atoms with Crippen molar-refractivity contribution in [3.63, 3.8) is 0 Å². The van der Waals surface area contributed by atoms with Crippen molar-refractivity contribution >= 4 is 39.3 Å². The summed E-state index contributed by atoms with van der Waals surface area (Å²) in [4.78, 5) is 13.4. The average molecular weight is 356 g/mol. The van der Waals surface area contributed by atoms with Gasteiger partial charge < -0.3 is 9.32 Å². The molecule has 3 aromatic heterocycles. The summed E-state index contributed by atoms with van der Waals surface area (Å²) in [7, 11) is 0. The van der Waals surface area contributed by atoms with Gasteiger partial charge in [-0.1, -0.05) is 12.1 Å². The first-order chi connectivity index (χ1) is 13.1. The van der Waals surface area contributed by atoms with Gasteiger partial charge in [0.1, 0.15) is 0 Å². The van der Waals surface area contributed by atoms with Crippen molar-refractivity contribution in [2.24, 2.45) is 0 Å². The maximum atomic E-state index is 6.20. The fourth-order valence-corrected chi connectivity index (χ4v) is 3.97. The van der Waals surface area contributed by atoms with Crippen LogP contribution in [-0.2, 0) is 0 Å². The molecule has 1 aromatic carbocycles. The number of nitrogens with zero attached hydrogens (tertiary/aromatic N) is 4. The van der Waals surface area contributed by atoms with Gasteiger partial charge in [-0.3, -0.25) is 4.90 Å². The number of rotatable bonds is 2. The van der Waals surface area contributed by atoms with Gasteiger partial charge in [0.2, 0.25) is 5.71 Å². The van der Waals surface area contributed by atoms with Crippen molar-refractivity contribution in [3.8, 4) is 0 Å². The van der Waals surface area contributed by atoms with Crippen LogP contribution >= 0.6 is 0 Å². The Morgan fingerprint density at radius 2 is 1.78 bits per heavy atom. The number of pyridine rings is 2. The zero-order chi connectivity index (χ0) is 18.7. The molecule has 4 heterocycles. The molecule has 0 aliphatic carbocycles. The number of aryl methyl sites for hydroxylation is 1. The zero-order valence-electron chi connectivity index (χ0n) is 15.6. The highest BCUT2D eigenvalue weighted by Gasteiger charge is 2.39. The number of furan rings is 1. The zero-order valence-corrected chi connectivity index (χ0v) is 15.6. The molecule has 1 aliphatic rings. The monoisotopic (exact) mass is 356 g/mol. The van der Waals surface area contributed by atoms with Gasteiger partial charge in [-0.25, -0.2) is 9.97 Å². The van der Waals surface area contributed by atoms with Crippen molar-refractivity contribution < 1.29 is 4.42 Å². The van der Waals surface area contributed by atoms with E-state index in [0.717, 1.165) is 45.3 Å². The number of benzene rings is 1. The lowest BCUT2D eigenvalue weighted by Gasteiger charge is -2.31. The molecule has 134 valence electrons. The molecule has 0 bridgehead atoms. The Kier molecular flexibility index (Phi) is 3.41. The third-order valence-electron chi connectivity index (χ3n) is 5.11. The summed E-state index contributed by atoms with van der Waals surface area (Å²) in [5, 5.41) is 2.06. The minimum absolute atomic E-state index is 0.266. The van der Waals surface area contributed by atoms with E-state index in [9.17, 15) is 0 Å². The molecule has 0 atom stereocenters. The van der Waals surface area contributed by atoms with E-state index < -0.39 is 0 Å². The summed E-state index contributed by atoms with van der Waals surface area (Å²) in [6.45, 7) is 10.8. The van der Waals surface area contributed by atoms with Crippen LogP contribution in [-0.4, -0.2) is 16.0 Å². The summed E-state index contributed by atoms with van der Waals surface area (Å²) in [5.41, 5.74) is 4.59. The molecule has 0 amide bonds. The third-order valence-corrected chi connectivity index (χ3v) is 5.11. The second-order valence-corrected chi connectivity index (χ2v) is 7.13. The fraction of sp³-hybridized carbons (Fsp3) is 0.182. The lowest BCUT2D eigenvalue weighted by atomic mass is 10.1. The molecule has 2 radical (unpaired) electrons. The van der Waals surface area contributed by atoms with Crippen LogP contribution < -0.4 is 9.80 Å². The molecule has 5 rings (SSSR count). The van der Waals surface area contributed by atoms with Gasteiger partial charge >= 0.3 is 0 Å². The summed E-state index contributed by atoms with van der Waals surface area (Å²) < 4.78 is 6.20. The van der Waals surface area contributed by atoms with Crippen LogP contribution in [0.25, 0.3) is 22.1 Å². The topological polar surface area (TPSA) is 45.4 Å². The molecular weight excluding hydrogens is 336 g/mol. The lowest BCUT2D eigenvalue weighted by Crippen LogP contribution is -2.36. The summed E-state index contributed by atoms with van der Waals surface area (Å²) >= 11 is 0. The van der Waals surface area contributed by atoms with Crippen LogP contribution in [0.15, 0.2) is 53.2 Å². The number of hydrogen-bond donors (Lipinski definition) is 0. The largest absolute Gasteiger partial charge is 0.435 e. The number of aromatic nitrogens is 2. The van der Waals surface area contributed by atoms with Crippen LogP contribution in [0.4, 0.5) is 17.2 Å². The standard InChI is InChI=1S/C22H20N4O/c1-13(2)25-15(4)26(21-18(25)8-6-11-23-21)19-14(3)9-10-16-17-7-5-12-24-22(17)27-20(16)19/h5-13H,4H2,1-3H3. The van der Waals surface area contributed by atoms with E-state index in [4.69, 9.17) is 4.42 Å². The van der Waals surface area contributed by atoms with Crippen LogP contribution in [0.3, 0.4) is 0 Å². The van der Waals surface area contributed by atoms with Crippen LogP contribution in [0.1, 0.15) is 19.4 Å². The van der Waals surface area contributed by atoms with Gasteiger partial charge in [0, 0.05) is 29.2 Å². The third kappa shape index (κ3) is 2.17. The second-order valence-electron chi connectivity index (χ2n) is 7.13. The summed E-state index contributed by atoms with van der Waals surface area (Å²) in [6, 6.07) is 12.5. The first kappa shape index (κ1) is 16.1. The Morgan fingerprint density at radius 1 is 1.00 bits per heavy atom. The smallest absolute Gasteiger partial charge is 0.227 e. The molecule has 0 fully saturated rings. The van der Waals surface area contributed by atoms with Crippen molar-refractivity contribution in [3.05, 3.63) is 67.4 Å². The van der Waals surface area contributed by atoms with Crippen molar-refractivity contribution in [1.82, 2.24) is 9.97 Å². The Hall–Kier alpha value is -3.08.